The number of carbonyl (C=O) groups is 2. The number of nitrogens with one attached hydrogen (secondary N) is 2. The molecule has 2 aromatic rings. The molecule has 2 atom stereocenters. The summed E-state index contributed by atoms with van der Waals surface area (Å²) < 4.78 is 10.0. The minimum absolute atomic E-state index is 0.0982. The van der Waals surface area contributed by atoms with Crippen molar-refractivity contribution in [2.75, 3.05) is 5.32 Å². The number of aromatic nitrogens is 3. The third kappa shape index (κ3) is 3.92. The third-order valence-corrected chi connectivity index (χ3v) is 3.98. The lowest BCUT2D eigenvalue weighted by Gasteiger charge is -2.09. The van der Waals surface area contributed by atoms with Crippen molar-refractivity contribution >= 4 is 17.8 Å². The Hall–Kier alpha value is -2.84. The molecular formula is C15H19N5O4. The van der Waals surface area contributed by atoms with Crippen molar-refractivity contribution in [1.29, 1.82) is 0 Å². The summed E-state index contributed by atoms with van der Waals surface area (Å²) in [5.74, 6) is 0.920. The average molecular weight is 333 g/mol. The van der Waals surface area contributed by atoms with Crippen LogP contribution in [-0.4, -0.2) is 33.5 Å². The Morgan fingerprint density at radius 3 is 3.00 bits per heavy atom. The van der Waals surface area contributed by atoms with Crippen molar-refractivity contribution in [2.24, 2.45) is 5.73 Å². The molecule has 2 unspecified atom stereocenters. The first kappa shape index (κ1) is 16.0. The molecule has 3 rings (SSSR count). The SMILES string of the molecule is Cc1cc(CC(=O)Nc2cc(C3CCC(OC(N)=O)C3)[nH]n2)on1. The van der Waals surface area contributed by atoms with E-state index in [1.807, 2.05) is 0 Å². The van der Waals surface area contributed by atoms with Gasteiger partial charge in [-0.05, 0) is 26.2 Å². The van der Waals surface area contributed by atoms with Gasteiger partial charge in [0.15, 0.2) is 5.82 Å². The Morgan fingerprint density at radius 2 is 2.29 bits per heavy atom. The van der Waals surface area contributed by atoms with Gasteiger partial charge in [-0.3, -0.25) is 9.89 Å². The summed E-state index contributed by atoms with van der Waals surface area (Å²) in [6, 6.07) is 3.51. The number of aryl methyl sites for hydroxylation is 1. The number of anilines is 1. The fourth-order valence-corrected chi connectivity index (χ4v) is 2.95. The minimum Gasteiger partial charge on any atom is -0.446 e. The molecule has 2 amide bonds. The van der Waals surface area contributed by atoms with E-state index in [0.717, 1.165) is 24.2 Å². The molecule has 0 saturated heterocycles. The van der Waals surface area contributed by atoms with Crippen molar-refractivity contribution in [3.8, 4) is 0 Å². The molecule has 1 saturated carbocycles. The van der Waals surface area contributed by atoms with Gasteiger partial charge in [-0.1, -0.05) is 5.16 Å². The highest BCUT2D eigenvalue weighted by Crippen LogP contribution is 2.35. The molecule has 0 aromatic carbocycles. The van der Waals surface area contributed by atoms with Gasteiger partial charge in [0.2, 0.25) is 5.91 Å². The molecule has 1 fully saturated rings. The fourth-order valence-electron chi connectivity index (χ4n) is 2.95. The number of ether oxygens (including phenoxy) is 1. The summed E-state index contributed by atoms with van der Waals surface area (Å²) in [6.45, 7) is 1.79. The van der Waals surface area contributed by atoms with Crippen LogP contribution in [0.25, 0.3) is 0 Å². The second kappa shape index (κ2) is 6.73. The molecule has 1 aliphatic rings. The lowest BCUT2D eigenvalue weighted by molar-refractivity contribution is -0.115. The van der Waals surface area contributed by atoms with E-state index in [1.54, 1.807) is 19.1 Å². The topological polar surface area (TPSA) is 136 Å². The van der Waals surface area contributed by atoms with Gasteiger partial charge < -0.3 is 20.3 Å². The van der Waals surface area contributed by atoms with E-state index in [4.69, 9.17) is 15.0 Å². The molecule has 128 valence electrons. The van der Waals surface area contributed by atoms with Gasteiger partial charge in [0.1, 0.15) is 11.9 Å². The van der Waals surface area contributed by atoms with Gasteiger partial charge in [-0.15, -0.1) is 0 Å². The van der Waals surface area contributed by atoms with Crippen molar-refractivity contribution in [3.05, 3.63) is 29.3 Å². The number of nitrogens with zero attached hydrogens (tertiary/aromatic N) is 2. The maximum Gasteiger partial charge on any atom is 0.404 e. The van der Waals surface area contributed by atoms with Crippen LogP contribution in [0.5, 0.6) is 0 Å². The van der Waals surface area contributed by atoms with Gasteiger partial charge in [-0.2, -0.15) is 5.10 Å². The molecule has 0 radical (unpaired) electrons. The number of nitrogens with two attached hydrogens (primary N) is 1. The number of aromatic amines is 1. The Labute approximate surface area is 137 Å². The van der Waals surface area contributed by atoms with Crippen LogP contribution in [0.1, 0.15) is 42.3 Å². The highest BCUT2D eigenvalue weighted by Gasteiger charge is 2.29. The Balaban J connectivity index is 1.54. The predicted octanol–water partition coefficient (Wildman–Crippen LogP) is 1.62. The largest absolute Gasteiger partial charge is 0.446 e. The monoisotopic (exact) mass is 333 g/mol. The van der Waals surface area contributed by atoms with Gasteiger partial charge in [0.25, 0.3) is 0 Å². The van der Waals surface area contributed by atoms with Crippen LogP contribution in [0, 0.1) is 6.92 Å². The normalized spacial score (nSPS) is 20.0. The molecule has 1 aliphatic carbocycles. The van der Waals surface area contributed by atoms with Crippen molar-refractivity contribution in [3.63, 3.8) is 0 Å². The molecule has 0 spiro atoms. The number of rotatable bonds is 5. The van der Waals surface area contributed by atoms with Crippen molar-refractivity contribution in [2.45, 2.75) is 44.6 Å². The number of H-pyrrole nitrogens is 1. The molecular weight excluding hydrogens is 314 g/mol. The molecule has 2 heterocycles. The zero-order valence-corrected chi connectivity index (χ0v) is 13.2. The zero-order valence-electron chi connectivity index (χ0n) is 13.2. The smallest absolute Gasteiger partial charge is 0.404 e. The number of carbonyl (C=O) groups excluding carboxylic acids is 2. The number of hydrogen-bond acceptors (Lipinski definition) is 6. The maximum absolute atomic E-state index is 12.0. The van der Waals surface area contributed by atoms with E-state index < -0.39 is 6.09 Å². The van der Waals surface area contributed by atoms with E-state index in [1.165, 1.54) is 0 Å². The van der Waals surface area contributed by atoms with Crippen LogP contribution in [0.3, 0.4) is 0 Å². The molecule has 9 nitrogen and oxygen atoms in total. The summed E-state index contributed by atoms with van der Waals surface area (Å²) in [6.07, 6.45) is 1.50. The summed E-state index contributed by atoms with van der Waals surface area (Å²) in [5.41, 5.74) is 6.67. The van der Waals surface area contributed by atoms with E-state index in [-0.39, 0.29) is 24.3 Å². The predicted molar refractivity (Wildman–Crippen MR) is 83.2 cm³/mol. The van der Waals surface area contributed by atoms with Crippen molar-refractivity contribution < 1.29 is 18.8 Å². The maximum atomic E-state index is 12.0. The van der Waals surface area contributed by atoms with Gasteiger partial charge in [0, 0.05) is 23.7 Å². The number of amides is 2. The fraction of sp³-hybridized carbons (Fsp3) is 0.467. The molecule has 0 bridgehead atoms. The highest BCUT2D eigenvalue weighted by atomic mass is 16.6. The number of hydrogen-bond donors (Lipinski definition) is 3. The van der Waals surface area contributed by atoms with Crippen LogP contribution in [0.15, 0.2) is 16.7 Å². The first-order chi connectivity index (χ1) is 11.5. The van der Waals surface area contributed by atoms with Crippen LogP contribution < -0.4 is 11.1 Å². The zero-order chi connectivity index (χ0) is 17.1. The van der Waals surface area contributed by atoms with E-state index in [2.05, 4.69) is 20.7 Å². The van der Waals surface area contributed by atoms with Gasteiger partial charge in [-0.25, -0.2) is 4.79 Å². The molecule has 9 heteroatoms. The summed E-state index contributed by atoms with van der Waals surface area (Å²) in [4.78, 5) is 22.8. The Bertz CT molecular complexity index is 738. The van der Waals surface area contributed by atoms with E-state index in [9.17, 15) is 9.59 Å². The summed E-state index contributed by atoms with van der Waals surface area (Å²) >= 11 is 0. The molecule has 0 aliphatic heterocycles. The van der Waals surface area contributed by atoms with E-state index >= 15 is 0 Å². The summed E-state index contributed by atoms with van der Waals surface area (Å²) in [5, 5.41) is 13.5. The van der Waals surface area contributed by atoms with Crippen LogP contribution in [0.4, 0.5) is 10.6 Å². The van der Waals surface area contributed by atoms with Gasteiger partial charge in [0.05, 0.1) is 12.1 Å². The average Bonchev–Trinajstić information content (AvgIpc) is 3.20. The lowest BCUT2D eigenvalue weighted by Crippen LogP contribution is -2.20. The standard InChI is InChI=1S/C15H19N5O4/c1-8-4-11(24-20-8)6-14(21)17-13-7-12(18-19-13)9-2-3-10(5-9)23-15(16)22/h4,7,9-10H,2-3,5-6H2,1H3,(H2,16,22)(H2,17,18,19,21). The minimum atomic E-state index is -0.749. The first-order valence-corrected chi connectivity index (χ1v) is 7.73. The molecule has 4 N–H and O–H groups in total. The first-order valence-electron chi connectivity index (χ1n) is 7.73. The van der Waals surface area contributed by atoms with Gasteiger partial charge >= 0.3 is 6.09 Å². The van der Waals surface area contributed by atoms with Crippen LogP contribution in [0.2, 0.25) is 0 Å². The van der Waals surface area contributed by atoms with Crippen molar-refractivity contribution in [1.82, 2.24) is 15.4 Å². The second-order valence-electron chi connectivity index (χ2n) is 5.94. The molecule has 2 aromatic heterocycles. The molecule has 24 heavy (non-hydrogen) atoms. The number of primary amides is 1. The summed E-state index contributed by atoms with van der Waals surface area (Å²) in [7, 11) is 0. The lowest BCUT2D eigenvalue weighted by atomic mass is 10.0. The Kier molecular flexibility index (Phi) is 4.50. The van der Waals surface area contributed by atoms with Crippen LogP contribution in [-0.2, 0) is 16.0 Å². The Morgan fingerprint density at radius 1 is 1.46 bits per heavy atom. The van der Waals surface area contributed by atoms with E-state index in [0.29, 0.717) is 18.0 Å². The quantitative estimate of drug-likeness (QED) is 0.760. The van der Waals surface area contributed by atoms with Crippen LogP contribution >= 0.6 is 0 Å². The highest BCUT2D eigenvalue weighted by molar-refractivity contribution is 5.91. The third-order valence-electron chi connectivity index (χ3n) is 3.98. The second-order valence-corrected chi connectivity index (χ2v) is 5.94.